The maximum atomic E-state index is 6.25. The number of ether oxygens (including phenoxy) is 6. The molecule has 8 aliphatic heterocycles. The van der Waals surface area contributed by atoms with Crippen LogP contribution in [0.2, 0.25) is 0 Å². The van der Waals surface area contributed by atoms with Crippen molar-refractivity contribution in [2.24, 2.45) is 47.3 Å². The van der Waals surface area contributed by atoms with Crippen molar-refractivity contribution in [3.05, 3.63) is 0 Å². The van der Waals surface area contributed by atoms with E-state index in [9.17, 15) is 0 Å². The maximum absolute atomic E-state index is 6.25. The predicted octanol–water partition coefficient (Wildman–Crippen LogP) is 6.46. The molecule has 16 atom stereocenters. The Labute approximate surface area is 263 Å². The Balaban J connectivity index is 0.000000142. The second-order valence-corrected chi connectivity index (χ2v) is 15.5. The number of hydrogen-bond acceptors (Lipinski definition) is 10. The summed E-state index contributed by atoms with van der Waals surface area (Å²) in [7, 11) is 0. The normalized spacial score (nSPS) is 57.3. The molecule has 0 aromatic rings. The van der Waals surface area contributed by atoms with E-state index in [1.807, 2.05) is 27.7 Å². The molecule has 44 heavy (non-hydrogen) atoms. The molecule has 0 N–H and O–H groups in total. The van der Waals surface area contributed by atoms with Gasteiger partial charge in [-0.15, -0.1) is 0 Å². The second kappa shape index (κ2) is 11.6. The number of hydrogen-bond donors (Lipinski definition) is 0. The van der Waals surface area contributed by atoms with Gasteiger partial charge in [0.05, 0.1) is 0 Å². The summed E-state index contributed by atoms with van der Waals surface area (Å²) in [4.78, 5) is 23.7. The lowest BCUT2D eigenvalue weighted by Gasteiger charge is -2.60. The predicted molar refractivity (Wildman–Crippen MR) is 157 cm³/mol. The van der Waals surface area contributed by atoms with E-state index in [0.29, 0.717) is 48.7 Å². The van der Waals surface area contributed by atoms with Gasteiger partial charge in [-0.1, -0.05) is 27.7 Å². The molecule has 10 fully saturated rings. The summed E-state index contributed by atoms with van der Waals surface area (Å²) < 4.78 is 36.7. The Hall–Kier alpha value is -0.400. The third-order valence-corrected chi connectivity index (χ3v) is 12.9. The Kier molecular flexibility index (Phi) is 8.50. The first-order chi connectivity index (χ1) is 21.0. The van der Waals surface area contributed by atoms with Crippen LogP contribution in [0.15, 0.2) is 0 Å². The fourth-order valence-electron chi connectivity index (χ4n) is 10.5. The Morgan fingerprint density at radius 3 is 1.34 bits per heavy atom. The summed E-state index contributed by atoms with van der Waals surface area (Å²) >= 11 is 0. The van der Waals surface area contributed by atoms with Crippen molar-refractivity contribution in [2.75, 3.05) is 13.2 Å². The second-order valence-electron chi connectivity index (χ2n) is 15.5. The molecule has 2 aliphatic carbocycles. The van der Waals surface area contributed by atoms with Gasteiger partial charge in [0.25, 0.3) is 0 Å². The molecule has 0 radical (unpaired) electrons. The zero-order chi connectivity index (χ0) is 31.1. The molecule has 8 heterocycles. The van der Waals surface area contributed by atoms with Gasteiger partial charge in [0.1, 0.15) is 0 Å². The minimum Gasteiger partial charge on any atom is -0.353 e. The van der Waals surface area contributed by atoms with Crippen molar-refractivity contribution < 1.29 is 48.0 Å². The zero-order valence-electron chi connectivity index (χ0n) is 28.1. The smallest absolute Gasteiger partial charge is 0.201 e. The highest BCUT2D eigenvalue weighted by atomic mass is 17.3. The number of fused-ring (bicyclic) bond motifs is 4. The largest absolute Gasteiger partial charge is 0.353 e. The third kappa shape index (κ3) is 4.79. The van der Waals surface area contributed by atoms with Gasteiger partial charge in [-0.25, -0.2) is 19.6 Å². The van der Waals surface area contributed by atoms with Crippen LogP contribution in [0.5, 0.6) is 0 Å². The highest BCUT2D eigenvalue weighted by molar-refractivity contribution is 5.10. The molecule has 4 bridgehead atoms. The highest BCUT2D eigenvalue weighted by Gasteiger charge is 2.71. The topological polar surface area (TPSA) is 92.3 Å². The molecule has 0 aromatic heterocycles. The minimum absolute atomic E-state index is 0.216. The van der Waals surface area contributed by atoms with Crippen LogP contribution < -0.4 is 0 Å². The van der Waals surface area contributed by atoms with E-state index in [2.05, 4.69) is 27.7 Å². The standard InChI is InChI=1S/2C17H28O5/c2*1-5-18-14-11(3)13-7-6-10(2)12-8-9-16(4)20-15(19-14)17(12,13)22-21-16/h2*10-15H,5-9H2,1-4H3/t10-,11-,12+,13+,14+,15-,16+,17?;10-,11-,12+,13+,14-,15-,16+,17?/m11/s1. The van der Waals surface area contributed by atoms with Crippen LogP contribution in [0.1, 0.15) is 107 Å². The first-order valence-electron chi connectivity index (χ1n) is 17.6. The van der Waals surface area contributed by atoms with Gasteiger partial charge in [-0.3, -0.25) is 0 Å². The van der Waals surface area contributed by atoms with Crippen molar-refractivity contribution in [3.8, 4) is 0 Å². The molecular weight excluding hydrogens is 568 g/mol. The Bertz CT molecular complexity index is 966. The van der Waals surface area contributed by atoms with Gasteiger partial charge in [0.2, 0.25) is 11.6 Å². The van der Waals surface area contributed by atoms with Crippen molar-refractivity contribution in [1.29, 1.82) is 0 Å². The lowest BCUT2D eigenvalue weighted by atomic mass is 9.58. The summed E-state index contributed by atoms with van der Waals surface area (Å²) in [6.07, 6.45) is 7.32. The van der Waals surface area contributed by atoms with Gasteiger partial charge >= 0.3 is 0 Å². The summed E-state index contributed by atoms with van der Waals surface area (Å²) in [5.41, 5.74) is -0.943. The van der Waals surface area contributed by atoms with Gasteiger partial charge < -0.3 is 28.4 Å². The van der Waals surface area contributed by atoms with E-state index in [-0.39, 0.29) is 37.0 Å². The van der Waals surface area contributed by atoms with Crippen LogP contribution in [0, 0.1) is 47.3 Å². The summed E-state index contributed by atoms with van der Waals surface area (Å²) in [6.45, 7) is 18.3. The fourth-order valence-corrected chi connectivity index (χ4v) is 10.5. The van der Waals surface area contributed by atoms with Crippen LogP contribution in [0.25, 0.3) is 0 Å². The lowest BCUT2D eigenvalue weighted by molar-refractivity contribution is -0.577. The van der Waals surface area contributed by atoms with E-state index >= 15 is 0 Å². The molecule has 10 heteroatoms. The molecule has 0 aromatic carbocycles. The molecule has 2 unspecified atom stereocenters. The van der Waals surface area contributed by atoms with Gasteiger partial charge in [0.15, 0.2) is 36.4 Å². The molecule has 8 saturated heterocycles. The van der Waals surface area contributed by atoms with Gasteiger partial charge in [0, 0.05) is 49.7 Å². The molecular formula is C34H56O10. The maximum Gasteiger partial charge on any atom is 0.201 e. The summed E-state index contributed by atoms with van der Waals surface area (Å²) in [5.74, 6) is 1.91. The fraction of sp³-hybridized carbons (Fsp3) is 1.00. The average Bonchev–Trinajstić information content (AvgIpc) is 3.36. The summed E-state index contributed by atoms with van der Waals surface area (Å²) in [6, 6.07) is 0. The van der Waals surface area contributed by atoms with Crippen LogP contribution in [0.3, 0.4) is 0 Å². The Morgan fingerprint density at radius 1 is 0.545 bits per heavy atom. The average molecular weight is 625 g/mol. The molecule has 10 nitrogen and oxygen atoms in total. The highest BCUT2D eigenvalue weighted by Crippen LogP contribution is 2.62. The van der Waals surface area contributed by atoms with Crippen molar-refractivity contribution in [2.45, 2.75) is 155 Å². The van der Waals surface area contributed by atoms with E-state index in [1.54, 1.807) is 0 Å². The molecule has 0 amide bonds. The zero-order valence-corrected chi connectivity index (χ0v) is 28.1. The van der Waals surface area contributed by atoms with Crippen LogP contribution in [0.4, 0.5) is 0 Å². The van der Waals surface area contributed by atoms with E-state index < -0.39 is 22.8 Å². The van der Waals surface area contributed by atoms with Crippen molar-refractivity contribution in [3.63, 3.8) is 0 Å². The quantitative estimate of drug-likeness (QED) is 0.325. The van der Waals surface area contributed by atoms with Crippen LogP contribution >= 0.6 is 0 Å². The van der Waals surface area contributed by atoms with Crippen LogP contribution in [-0.4, -0.2) is 61.2 Å². The molecule has 10 aliphatic rings. The first kappa shape index (κ1) is 32.2. The molecule has 10 rings (SSSR count). The lowest BCUT2D eigenvalue weighted by Crippen LogP contribution is -2.70. The SMILES string of the molecule is CCO[C@@H]1O[C@@H]2O[C@]3(C)CC[C@H]4[C@H](C)CC[C@@H]([C@H]1C)C24OO3.CCO[C@H]1O[C@@H]2O[C@]3(C)CC[C@H]4[C@H](C)CC[C@@H]([C@H]1C)C24OO3. The van der Waals surface area contributed by atoms with E-state index in [4.69, 9.17) is 48.0 Å². The monoisotopic (exact) mass is 624 g/mol. The summed E-state index contributed by atoms with van der Waals surface area (Å²) in [5, 5.41) is 0. The van der Waals surface area contributed by atoms with E-state index in [1.165, 1.54) is 12.8 Å². The Morgan fingerprint density at radius 2 is 0.955 bits per heavy atom. The van der Waals surface area contributed by atoms with Crippen molar-refractivity contribution >= 4 is 0 Å². The van der Waals surface area contributed by atoms with E-state index in [0.717, 1.165) is 38.5 Å². The molecule has 252 valence electrons. The molecule has 2 saturated carbocycles. The first-order valence-corrected chi connectivity index (χ1v) is 17.6. The van der Waals surface area contributed by atoms with Crippen LogP contribution in [-0.2, 0) is 48.0 Å². The molecule has 2 spiro atoms. The number of rotatable bonds is 4. The third-order valence-electron chi connectivity index (χ3n) is 12.9. The van der Waals surface area contributed by atoms with Gasteiger partial charge in [-0.05, 0) is 89.9 Å². The van der Waals surface area contributed by atoms with Gasteiger partial charge in [-0.2, -0.15) is 0 Å². The minimum atomic E-state index is -0.700. The van der Waals surface area contributed by atoms with Crippen molar-refractivity contribution in [1.82, 2.24) is 0 Å².